The molecule has 0 spiro atoms. The summed E-state index contributed by atoms with van der Waals surface area (Å²) in [6.07, 6.45) is 1.67. The molecule has 0 saturated carbocycles. The van der Waals surface area contributed by atoms with Crippen molar-refractivity contribution >= 4 is 10.0 Å². The fraction of sp³-hybridized carbons (Fsp3) is 0.667. The van der Waals surface area contributed by atoms with E-state index in [1.54, 1.807) is 19.3 Å². The van der Waals surface area contributed by atoms with Crippen molar-refractivity contribution in [2.75, 3.05) is 13.6 Å². The van der Waals surface area contributed by atoms with E-state index in [-0.39, 0.29) is 0 Å². The molecule has 6 heteroatoms. The van der Waals surface area contributed by atoms with Crippen LogP contribution in [0.15, 0.2) is 17.2 Å². The molecule has 0 aliphatic heterocycles. The normalized spacial score (nSPS) is 12.6. The Morgan fingerprint density at radius 1 is 1.44 bits per heavy atom. The van der Waals surface area contributed by atoms with E-state index in [2.05, 4.69) is 19.2 Å². The molecule has 0 radical (unpaired) electrons. The van der Waals surface area contributed by atoms with Crippen LogP contribution in [0.4, 0.5) is 0 Å². The first-order valence-corrected chi connectivity index (χ1v) is 7.58. The minimum Gasteiger partial charge on any atom is -0.352 e. The first kappa shape index (κ1) is 15.2. The molecule has 1 rings (SSSR count). The van der Waals surface area contributed by atoms with E-state index < -0.39 is 10.0 Å². The summed E-state index contributed by atoms with van der Waals surface area (Å²) < 4.78 is 27.5. The summed E-state index contributed by atoms with van der Waals surface area (Å²) in [5.41, 5.74) is 0.965. The highest BCUT2D eigenvalue weighted by atomic mass is 32.2. The number of sulfonamides is 1. The topological polar surface area (TPSA) is 54.3 Å². The van der Waals surface area contributed by atoms with Crippen molar-refractivity contribution in [3.05, 3.63) is 18.0 Å². The van der Waals surface area contributed by atoms with E-state index in [9.17, 15) is 8.42 Å². The van der Waals surface area contributed by atoms with Gasteiger partial charge in [-0.1, -0.05) is 20.8 Å². The summed E-state index contributed by atoms with van der Waals surface area (Å²) in [7, 11) is 0.110. The van der Waals surface area contributed by atoms with Gasteiger partial charge in [-0.15, -0.1) is 0 Å². The van der Waals surface area contributed by atoms with Crippen molar-refractivity contribution in [2.24, 2.45) is 7.05 Å². The van der Waals surface area contributed by atoms with Gasteiger partial charge in [0.05, 0.1) is 0 Å². The van der Waals surface area contributed by atoms with Crippen LogP contribution in [0.25, 0.3) is 0 Å². The lowest BCUT2D eigenvalue weighted by molar-refractivity contribution is 0.486. The van der Waals surface area contributed by atoms with Crippen LogP contribution in [-0.2, 0) is 23.6 Å². The summed E-state index contributed by atoms with van der Waals surface area (Å²) in [5, 5.41) is 3.28. The molecule has 1 aromatic rings. The van der Waals surface area contributed by atoms with Gasteiger partial charge < -0.3 is 9.88 Å². The molecule has 0 aromatic carbocycles. The van der Waals surface area contributed by atoms with Gasteiger partial charge in [0.1, 0.15) is 4.90 Å². The predicted molar refractivity (Wildman–Crippen MR) is 72.9 cm³/mol. The van der Waals surface area contributed by atoms with Crippen molar-refractivity contribution in [1.29, 1.82) is 0 Å². The molecule has 104 valence electrons. The molecular weight excluding hydrogens is 250 g/mol. The molecule has 5 nitrogen and oxygen atoms in total. The van der Waals surface area contributed by atoms with Gasteiger partial charge in [0.25, 0.3) is 0 Å². The van der Waals surface area contributed by atoms with E-state index in [1.165, 1.54) is 4.31 Å². The number of nitrogens with zero attached hydrogens (tertiary/aromatic N) is 2. The first-order valence-electron chi connectivity index (χ1n) is 6.14. The van der Waals surface area contributed by atoms with Crippen LogP contribution in [0.2, 0.25) is 0 Å². The number of hydrogen-bond donors (Lipinski definition) is 1. The van der Waals surface area contributed by atoms with Gasteiger partial charge in [-0.05, 0) is 6.07 Å². The van der Waals surface area contributed by atoms with E-state index in [0.717, 1.165) is 5.69 Å². The Morgan fingerprint density at radius 3 is 2.56 bits per heavy atom. The largest absolute Gasteiger partial charge is 0.352 e. The van der Waals surface area contributed by atoms with E-state index in [4.69, 9.17) is 0 Å². The Morgan fingerprint density at radius 2 is 2.06 bits per heavy atom. The van der Waals surface area contributed by atoms with Gasteiger partial charge in [-0.25, -0.2) is 12.7 Å². The Kier molecular flexibility index (Phi) is 4.95. The van der Waals surface area contributed by atoms with Crippen molar-refractivity contribution in [1.82, 2.24) is 14.2 Å². The molecule has 0 aliphatic rings. The molecule has 0 bridgehead atoms. The summed E-state index contributed by atoms with van der Waals surface area (Å²) in [6, 6.07) is 2.11. The fourth-order valence-electron chi connectivity index (χ4n) is 1.55. The minimum absolute atomic E-state index is 0.356. The van der Waals surface area contributed by atoms with Crippen LogP contribution < -0.4 is 5.32 Å². The zero-order chi connectivity index (χ0) is 13.9. The van der Waals surface area contributed by atoms with Crippen LogP contribution >= 0.6 is 0 Å². The van der Waals surface area contributed by atoms with Crippen LogP contribution in [0.3, 0.4) is 0 Å². The number of hydrogen-bond acceptors (Lipinski definition) is 3. The molecule has 1 N–H and O–H groups in total. The van der Waals surface area contributed by atoms with Crippen LogP contribution in [0.1, 0.15) is 26.5 Å². The third-order valence-electron chi connectivity index (χ3n) is 2.93. The molecule has 0 atom stereocenters. The van der Waals surface area contributed by atoms with Gasteiger partial charge >= 0.3 is 0 Å². The summed E-state index contributed by atoms with van der Waals surface area (Å²) >= 11 is 0. The lowest BCUT2D eigenvalue weighted by Gasteiger charge is -2.12. The van der Waals surface area contributed by atoms with Crippen molar-refractivity contribution in [2.45, 2.75) is 38.3 Å². The zero-order valence-corrected chi connectivity index (χ0v) is 12.6. The second-order valence-corrected chi connectivity index (χ2v) is 6.78. The summed E-state index contributed by atoms with van der Waals surface area (Å²) in [4.78, 5) is 0.356. The van der Waals surface area contributed by atoms with E-state index in [1.807, 2.05) is 18.5 Å². The highest BCUT2D eigenvalue weighted by Crippen LogP contribution is 2.17. The number of rotatable bonds is 6. The molecule has 0 aliphatic carbocycles. The minimum atomic E-state index is -3.34. The van der Waals surface area contributed by atoms with Gasteiger partial charge in [-0.3, -0.25) is 0 Å². The maximum atomic E-state index is 12.2. The number of aryl methyl sites for hydroxylation is 1. The molecule has 1 aromatic heterocycles. The standard InChI is InChI=1S/C12H23N3O2S/c1-6-15(5)18(16,17)12-7-11(14(4)9-12)8-13-10(2)3/h7,9-10,13H,6,8H2,1-5H3. The molecule has 0 unspecified atom stereocenters. The summed E-state index contributed by atoms with van der Waals surface area (Å²) in [5.74, 6) is 0. The zero-order valence-electron chi connectivity index (χ0n) is 11.8. The second-order valence-electron chi connectivity index (χ2n) is 4.73. The maximum Gasteiger partial charge on any atom is 0.244 e. The third kappa shape index (κ3) is 3.34. The van der Waals surface area contributed by atoms with Crippen molar-refractivity contribution < 1.29 is 8.42 Å². The van der Waals surface area contributed by atoms with Crippen molar-refractivity contribution in [3.63, 3.8) is 0 Å². The molecule has 0 fully saturated rings. The summed E-state index contributed by atoms with van der Waals surface area (Å²) in [6.45, 7) is 7.08. The Hall–Kier alpha value is -0.850. The van der Waals surface area contributed by atoms with Gasteiger partial charge in [0.2, 0.25) is 10.0 Å². The van der Waals surface area contributed by atoms with Crippen LogP contribution in [-0.4, -0.2) is 36.9 Å². The van der Waals surface area contributed by atoms with Gasteiger partial charge in [-0.2, -0.15) is 0 Å². The second kappa shape index (κ2) is 5.86. The average molecular weight is 273 g/mol. The molecular formula is C12H23N3O2S. The first-order chi connectivity index (χ1) is 8.28. The molecule has 18 heavy (non-hydrogen) atoms. The Balaban J connectivity index is 2.97. The highest BCUT2D eigenvalue weighted by molar-refractivity contribution is 7.89. The molecule has 0 saturated heterocycles. The Bertz CT molecular complexity index is 491. The predicted octanol–water partition coefficient (Wildman–Crippen LogP) is 1.16. The van der Waals surface area contributed by atoms with Crippen LogP contribution in [0, 0.1) is 0 Å². The van der Waals surface area contributed by atoms with Crippen molar-refractivity contribution in [3.8, 4) is 0 Å². The lowest BCUT2D eigenvalue weighted by Crippen LogP contribution is -2.26. The smallest absolute Gasteiger partial charge is 0.244 e. The fourth-order valence-corrected chi connectivity index (χ4v) is 2.83. The number of aromatic nitrogens is 1. The third-order valence-corrected chi connectivity index (χ3v) is 4.83. The van der Waals surface area contributed by atoms with E-state index >= 15 is 0 Å². The monoisotopic (exact) mass is 273 g/mol. The quantitative estimate of drug-likeness (QED) is 0.846. The SMILES string of the molecule is CCN(C)S(=O)(=O)c1cc(CNC(C)C)n(C)c1. The van der Waals surface area contributed by atoms with Gasteiger partial charge in [0, 0.05) is 45.1 Å². The molecule has 0 amide bonds. The van der Waals surface area contributed by atoms with E-state index in [0.29, 0.717) is 24.0 Å². The average Bonchev–Trinajstić information content (AvgIpc) is 2.67. The van der Waals surface area contributed by atoms with Gasteiger partial charge in [0.15, 0.2) is 0 Å². The lowest BCUT2D eigenvalue weighted by atomic mass is 10.3. The van der Waals surface area contributed by atoms with Crippen LogP contribution in [0.5, 0.6) is 0 Å². The maximum absolute atomic E-state index is 12.2. The highest BCUT2D eigenvalue weighted by Gasteiger charge is 2.21. The molecule has 1 heterocycles. The Labute approximate surface area is 110 Å². The number of nitrogens with one attached hydrogen (secondary N) is 1.